The Kier molecular flexibility index (Phi) is 5.35. The zero-order chi connectivity index (χ0) is 15.1. The van der Waals surface area contributed by atoms with Gasteiger partial charge in [-0.2, -0.15) is 5.10 Å². The van der Waals surface area contributed by atoms with Crippen molar-refractivity contribution in [3.8, 4) is 5.75 Å². The summed E-state index contributed by atoms with van der Waals surface area (Å²) in [7, 11) is 0. The van der Waals surface area contributed by atoms with Crippen LogP contribution in [-0.2, 0) is 4.79 Å². The molecule has 2 aromatic carbocycles. The number of carbonyl (C=O) groups excluding carboxylic acids is 1. The van der Waals surface area contributed by atoms with Crippen LogP contribution in [0.15, 0.2) is 53.6 Å². The zero-order valence-electron chi connectivity index (χ0n) is 11.5. The number of benzene rings is 2. The van der Waals surface area contributed by atoms with Crippen LogP contribution in [0, 0.1) is 6.92 Å². The van der Waals surface area contributed by atoms with Gasteiger partial charge in [-0.3, -0.25) is 4.79 Å². The van der Waals surface area contributed by atoms with Gasteiger partial charge in [0.05, 0.1) is 6.21 Å². The summed E-state index contributed by atoms with van der Waals surface area (Å²) in [4.78, 5) is 11.6. The summed E-state index contributed by atoms with van der Waals surface area (Å²) in [6.45, 7) is 1.88. The van der Waals surface area contributed by atoms with Gasteiger partial charge in [-0.15, -0.1) is 0 Å². The van der Waals surface area contributed by atoms with E-state index in [-0.39, 0.29) is 12.5 Å². The van der Waals surface area contributed by atoms with Crippen molar-refractivity contribution in [3.63, 3.8) is 0 Å². The van der Waals surface area contributed by atoms with E-state index in [0.29, 0.717) is 10.8 Å². The predicted octanol–water partition coefficient (Wildman–Crippen LogP) is 3.18. The molecule has 0 aliphatic carbocycles. The Morgan fingerprint density at radius 3 is 2.76 bits per heavy atom. The van der Waals surface area contributed by atoms with Crippen LogP contribution in [0.5, 0.6) is 5.75 Å². The molecule has 0 fully saturated rings. The number of amides is 1. The van der Waals surface area contributed by atoms with Gasteiger partial charge in [-0.1, -0.05) is 35.9 Å². The molecule has 0 saturated carbocycles. The normalized spacial score (nSPS) is 10.6. The van der Waals surface area contributed by atoms with Gasteiger partial charge >= 0.3 is 0 Å². The molecule has 0 aliphatic rings. The monoisotopic (exact) mass is 302 g/mol. The molecule has 0 radical (unpaired) electrons. The average molecular weight is 303 g/mol. The minimum Gasteiger partial charge on any atom is -0.484 e. The predicted molar refractivity (Wildman–Crippen MR) is 83.9 cm³/mol. The number of hydrogen-bond acceptors (Lipinski definition) is 3. The molecule has 5 heteroatoms. The van der Waals surface area contributed by atoms with Crippen molar-refractivity contribution in [2.24, 2.45) is 5.10 Å². The summed E-state index contributed by atoms with van der Waals surface area (Å²) in [5, 5.41) is 4.51. The van der Waals surface area contributed by atoms with Crippen LogP contribution in [0.25, 0.3) is 0 Å². The smallest absolute Gasteiger partial charge is 0.277 e. The van der Waals surface area contributed by atoms with Crippen molar-refractivity contribution in [2.75, 3.05) is 6.61 Å². The van der Waals surface area contributed by atoms with Gasteiger partial charge in [-0.05, 0) is 42.3 Å². The maximum atomic E-state index is 11.6. The molecule has 1 amide bonds. The van der Waals surface area contributed by atoms with Gasteiger partial charge in [0.25, 0.3) is 5.91 Å². The summed E-state index contributed by atoms with van der Waals surface area (Å²) < 4.78 is 5.36. The van der Waals surface area contributed by atoms with E-state index in [1.54, 1.807) is 36.5 Å². The second-order valence-corrected chi connectivity index (χ2v) is 4.89. The van der Waals surface area contributed by atoms with Crippen LogP contribution in [0.4, 0.5) is 0 Å². The van der Waals surface area contributed by atoms with Gasteiger partial charge in [0, 0.05) is 5.02 Å². The minimum absolute atomic E-state index is 0.0819. The molecule has 108 valence electrons. The lowest BCUT2D eigenvalue weighted by molar-refractivity contribution is -0.123. The van der Waals surface area contributed by atoms with Crippen LogP contribution in [0.3, 0.4) is 0 Å². The summed E-state index contributed by atoms with van der Waals surface area (Å²) in [5.41, 5.74) is 4.33. The Morgan fingerprint density at radius 1 is 1.29 bits per heavy atom. The van der Waals surface area contributed by atoms with Crippen molar-refractivity contribution in [1.29, 1.82) is 0 Å². The van der Waals surface area contributed by atoms with Crippen LogP contribution < -0.4 is 10.2 Å². The molecule has 0 spiro atoms. The molecule has 0 atom stereocenters. The second kappa shape index (κ2) is 7.45. The topological polar surface area (TPSA) is 50.7 Å². The van der Waals surface area contributed by atoms with E-state index in [1.807, 2.05) is 25.1 Å². The second-order valence-electron chi connectivity index (χ2n) is 4.45. The third-order valence-corrected chi connectivity index (χ3v) is 2.88. The maximum absolute atomic E-state index is 11.6. The Bertz CT molecular complexity index is 639. The fourth-order valence-electron chi connectivity index (χ4n) is 1.61. The lowest BCUT2D eigenvalue weighted by Crippen LogP contribution is -2.24. The van der Waals surface area contributed by atoms with Crippen LogP contribution in [0.1, 0.15) is 11.1 Å². The first-order valence-electron chi connectivity index (χ1n) is 6.40. The molecule has 21 heavy (non-hydrogen) atoms. The number of rotatable bonds is 5. The molecule has 4 nitrogen and oxygen atoms in total. The number of halogens is 1. The Balaban J connectivity index is 1.78. The lowest BCUT2D eigenvalue weighted by Gasteiger charge is -2.05. The highest BCUT2D eigenvalue weighted by atomic mass is 35.5. The molecule has 2 rings (SSSR count). The first-order valence-corrected chi connectivity index (χ1v) is 6.78. The number of aryl methyl sites for hydroxylation is 1. The third-order valence-electron chi connectivity index (χ3n) is 2.63. The zero-order valence-corrected chi connectivity index (χ0v) is 12.3. The molecular formula is C16H15ClN2O2. The highest BCUT2D eigenvalue weighted by Crippen LogP contribution is 2.11. The van der Waals surface area contributed by atoms with E-state index in [1.165, 1.54) is 0 Å². The molecule has 0 heterocycles. The molecule has 0 unspecified atom stereocenters. The molecule has 0 aliphatic heterocycles. The number of hydrogen-bond donors (Lipinski definition) is 1. The first-order chi connectivity index (χ1) is 10.1. The third kappa shape index (κ3) is 5.28. The minimum atomic E-state index is -0.318. The van der Waals surface area contributed by atoms with Crippen molar-refractivity contribution in [2.45, 2.75) is 6.92 Å². The van der Waals surface area contributed by atoms with Gasteiger partial charge in [0.2, 0.25) is 0 Å². The van der Waals surface area contributed by atoms with Crippen LogP contribution in [-0.4, -0.2) is 18.7 Å². The SMILES string of the molecule is Cc1cccc(OCC(=O)N/N=C\c2ccc(Cl)cc2)c1. The van der Waals surface area contributed by atoms with Gasteiger partial charge < -0.3 is 4.74 Å². The van der Waals surface area contributed by atoms with Crippen LogP contribution in [0.2, 0.25) is 5.02 Å². The average Bonchev–Trinajstić information content (AvgIpc) is 2.47. The van der Waals surface area contributed by atoms with E-state index in [2.05, 4.69) is 10.5 Å². The number of nitrogens with one attached hydrogen (secondary N) is 1. The summed E-state index contributed by atoms with van der Waals surface area (Å²) >= 11 is 5.78. The van der Waals surface area contributed by atoms with Crippen LogP contribution >= 0.6 is 11.6 Å². The first kappa shape index (κ1) is 15.1. The number of hydrazone groups is 1. The van der Waals surface area contributed by atoms with E-state index in [9.17, 15) is 4.79 Å². The van der Waals surface area contributed by atoms with Gasteiger partial charge in [0.15, 0.2) is 6.61 Å². The molecule has 2 aromatic rings. The Hall–Kier alpha value is -2.33. The van der Waals surface area contributed by atoms with Crippen molar-refractivity contribution in [1.82, 2.24) is 5.43 Å². The summed E-state index contributed by atoms with van der Waals surface area (Å²) in [6, 6.07) is 14.6. The van der Waals surface area contributed by atoms with E-state index >= 15 is 0 Å². The van der Waals surface area contributed by atoms with Crippen molar-refractivity contribution in [3.05, 3.63) is 64.7 Å². The number of nitrogens with zero attached hydrogens (tertiary/aromatic N) is 1. The molecule has 0 aromatic heterocycles. The van der Waals surface area contributed by atoms with E-state index < -0.39 is 0 Å². The lowest BCUT2D eigenvalue weighted by atomic mass is 10.2. The van der Waals surface area contributed by atoms with Gasteiger partial charge in [-0.25, -0.2) is 5.43 Å². The highest BCUT2D eigenvalue weighted by molar-refractivity contribution is 6.30. The van der Waals surface area contributed by atoms with Crippen molar-refractivity contribution >= 4 is 23.7 Å². The maximum Gasteiger partial charge on any atom is 0.277 e. The number of ether oxygens (including phenoxy) is 1. The number of carbonyl (C=O) groups is 1. The highest BCUT2D eigenvalue weighted by Gasteiger charge is 2.01. The fraction of sp³-hybridized carbons (Fsp3) is 0.125. The van der Waals surface area contributed by atoms with E-state index in [0.717, 1.165) is 11.1 Å². The summed E-state index contributed by atoms with van der Waals surface area (Å²) in [6.07, 6.45) is 1.54. The standard InChI is InChI=1S/C16H15ClN2O2/c1-12-3-2-4-15(9-12)21-11-16(20)19-18-10-13-5-7-14(17)8-6-13/h2-10H,11H2,1H3,(H,19,20)/b18-10-. The summed E-state index contributed by atoms with van der Waals surface area (Å²) in [5.74, 6) is 0.341. The fourth-order valence-corrected chi connectivity index (χ4v) is 1.74. The van der Waals surface area contributed by atoms with Gasteiger partial charge in [0.1, 0.15) is 5.75 Å². The molecular weight excluding hydrogens is 288 g/mol. The Morgan fingerprint density at radius 2 is 2.05 bits per heavy atom. The van der Waals surface area contributed by atoms with E-state index in [4.69, 9.17) is 16.3 Å². The van der Waals surface area contributed by atoms with Crippen molar-refractivity contribution < 1.29 is 9.53 Å². The molecule has 0 bridgehead atoms. The molecule has 0 saturated heterocycles. The Labute approximate surface area is 128 Å². The quantitative estimate of drug-likeness (QED) is 0.681. The largest absolute Gasteiger partial charge is 0.484 e. The molecule has 1 N–H and O–H groups in total.